The van der Waals surface area contributed by atoms with E-state index >= 15 is 0 Å². The zero-order valence-electron chi connectivity index (χ0n) is 15.2. The summed E-state index contributed by atoms with van der Waals surface area (Å²) in [6, 6.07) is 0.246. The molecule has 1 amide bonds. The van der Waals surface area contributed by atoms with Gasteiger partial charge in [0.2, 0.25) is 0 Å². The standard InChI is InChI=1S/C17H30N4O2/c1-13(14-9-19-20(6)10-14)18-11-17(5)7-8-21(12-17)15(22)23-16(2,3)4/h9-10,13,18H,7-8,11-12H2,1-6H3/t13-,17+/m0/s1. The molecule has 0 radical (unpaired) electrons. The monoisotopic (exact) mass is 322 g/mol. The van der Waals surface area contributed by atoms with Crippen LogP contribution in [0.5, 0.6) is 0 Å². The molecule has 1 aromatic rings. The molecule has 0 spiro atoms. The molecule has 0 aromatic carbocycles. The molecule has 6 nitrogen and oxygen atoms in total. The van der Waals surface area contributed by atoms with E-state index in [1.807, 2.05) is 49.8 Å². The van der Waals surface area contributed by atoms with Crippen molar-refractivity contribution in [3.05, 3.63) is 18.0 Å². The van der Waals surface area contributed by atoms with Crippen LogP contribution in [0.3, 0.4) is 0 Å². The third-order valence-electron chi connectivity index (χ3n) is 4.27. The Labute approximate surface area is 139 Å². The predicted octanol–water partition coefficient (Wildman–Crippen LogP) is 2.72. The van der Waals surface area contributed by atoms with Gasteiger partial charge in [0.25, 0.3) is 0 Å². The fourth-order valence-electron chi connectivity index (χ4n) is 2.83. The maximum Gasteiger partial charge on any atom is 0.410 e. The molecule has 0 bridgehead atoms. The molecule has 0 aliphatic carbocycles. The Morgan fingerprint density at radius 1 is 1.52 bits per heavy atom. The van der Waals surface area contributed by atoms with E-state index < -0.39 is 5.60 Å². The number of aromatic nitrogens is 2. The Balaban J connectivity index is 1.85. The van der Waals surface area contributed by atoms with E-state index in [-0.39, 0.29) is 17.6 Å². The second-order valence-corrected chi connectivity index (χ2v) is 8.01. The van der Waals surface area contributed by atoms with Gasteiger partial charge in [0.15, 0.2) is 0 Å². The Hall–Kier alpha value is -1.56. The SMILES string of the molecule is C[C@H](NC[C@@]1(C)CCN(C(=O)OC(C)(C)C)C1)c1cnn(C)c1. The average molecular weight is 322 g/mol. The van der Waals surface area contributed by atoms with Crippen molar-refractivity contribution >= 4 is 6.09 Å². The summed E-state index contributed by atoms with van der Waals surface area (Å²) in [4.78, 5) is 14.0. The highest BCUT2D eigenvalue weighted by molar-refractivity contribution is 5.68. The molecular formula is C17H30N4O2. The number of hydrogen-bond acceptors (Lipinski definition) is 4. The highest BCUT2D eigenvalue weighted by Crippen LogP contribution is 2.31. The lowest BCUT2D eigenvalue weighted by atomic mass is 9.89. The van der Waals surface area contributed by atoms with Gasteiger partial charge in [0.1, 0.15) is 5.60 Å². The predicted molar refractivity (Wildman–Crippen MR) is 90.2 cm³/mol. The lowest BCUT2D eigenvalue weighted by Gasteiger charge is -2.28. The topological polar surface area (TPSA) is 59.4 Å². The van der Waals surface area contributed by atoms with E-state index in [1.54, 1.807) is 0 Å². The Bertz CT molecular complexity index is 549. The van der Waals surface area contributed by atoms with Crippen LogP contribution in [0.25, 0.3) is 0 Å². The molecule has 2 heterocycles. The van der Waals surface area contributed by atoms with Crippen molar-refractivity contribution in [2.24, 2.45) is 12.5 Å². The molecule has 1 saturated heterocycles. The molecule has 23 heavy (non-hydrogen) atoms. The van der Waals surface area contributed by atoms with Crippen LogP contribution in [0.4, 0.5) is 4.79 Å². The number of hydrogen-bond donors (Lipinski definition) is 1. The largest absolute Gasteiger partial charge is 0.444 e. The van der Waals surface area contributed by atoms with Gasteiger partial charge in [-0.15, -0.1) is 0 Å². The number of amides is 1. The van der Waals surface area contributed by atoms with Crippen molar-refractivity contribution in [2.75, 3.05) is 19.6 Å². The molecule has 1 aromatic heterocycles. The quantitative estimate of drug-likeness (QED) is 0.926. The number of carbonyl (C=O) groups is 1. The second kappa shape index (κ2) is 6.51. The maximum atomic E-state index is 12.2. The van der Waals surface area contributed by atoms with Crippen molar-refractivity contribution in [3.8, 4) is 0 Å². The molecule has 0 unspecified atom stereocenters. The Morgan fingerprint density at radius 2 is 2.22 bits per heavy atom. The smallest absolute Gasteiger partial charge is 0.410 e. The maximum absolute atomic E-state index is 12.2. The normalized spacial score (nSPS) is 23.1. The minimum Gasteiger partial charge on any atom is -0.444 e. The zero-order valence-corrected chi connectivity index (χ0v) is 15.2. The van der Waals surface area contributed by atoms with Crippen LogP contribution < -0.4 is 5.32 Å². The molecule has 1 N–H and O–H groups in total. The van der Waals surface area contributed by atoms with E-state index in [2.05, 4.69) is 24.3 Å². The minimum atomic E-state index is -0.441. The van der Waals surface area contributed by atoms with Crippen LogP contribution in [-0.4, -0.2) is 46.0 Å². The molecule has 1 fully saturated rings. The van der Waals surface area contributed by atoms with Gasteiger partial charge in [0, 0.05) is 44.5 Å². The summed E-state index contributed by atoms with van der Waals surface area (Å²) in [5, 5.41) is 7.78. The summed E-state index contributed by atoms with van der Waals surface area (Å²) >= 11 is 0. The number of carbonyl (C=O) groups excluding carboxylic acids is 1. The van der Waals surface area contributed by atoms with E-state index in [0.29, 0.717) is 0 Å². The summed E-state index contributed by atoms with van der Waals surface area (Å²) in [6.45, 7) is 12.4. The van der Waals surface area contributed by atoms with Crippen molar-refractivity contribution < 1.29 is 9.53 Å². The summed E-state index contributed by atoms with van der Waals surface area (Å²) in [5.74, 6) is 0. The van der Waals surface area contributed by atoms with Gasteiger partial charge in [-0.1, -0.05) is 6.92 Å². The number of aryl methyl sites for hydroxylation is 1. The highest BCUT2D eigenvalue weighted by Gasteiger charge is 2.37. The van der Waals surface area contributed by atoms with E-state index in [9.17, 15) is 4.79 Å². The van der Waals surface area contributed by atoms with E-state index in [0.717, 1.165) is 26.1 Å². The third-order valence-corrected chi connectivity index (χ3v) is 4.27. The van der Waals surface area contributed by atoms with Crippen molar-refractivity contribution in [2.45, 2.75) is 52.7 Å². The molecule has 1 aliphatic rings. The van der Waals surface area contributed by atoms with Crippen LogP contribution >= 0.6 is 0 Å². The Kier molecular flexibility index (Phi) is 5.04. The first-order valence-corrected chi connectivity index (χ1v) is 8.28. The zero-order chi connectivity index (χ0) is 17.3. The van der Waals surface area contributed by atoms with Crippen LogP contribution in [0, 0.1) is 5.41 Å². The van der Waals surface area contributed by atoms with Gasteiger partial charge in [-0.3, -0.25) is 4.68 Å². The summed E-state index contributed by atoms with van der Waals surface area (Å²) in [7, 11) is 1.92. The van der Waals surface area contributed by atoms with Gasteiger partial charge in [0.05, 0.1) is 6.20 Å². The fourth-order valence-corrected chi connectivity index (χ4v) is 2.83. The second-order valence-electron chi connectivity index (χ2n) is 8.01. The number of nitrogens with one attached hydrogen (secondary N) is 1. The van der Waals surface area contributed by atoms with Crippen LogP contribution in [0.15, 0.2) is 12.4 Å². The fraction of sp³-hybridized carbons (Fsp3) is 0.765. The van der Waals surface area contributed by atoms with Crippen LogP contribution in [-0.2, 0) is 11.8 Å². The molecule has 6 heteroatoms. The summed E-state index contributed by atoms with van der Waals surface area (Å²) in [6.07, 6.45) is 4.70. The van der Waals surface area contributed by atoms with Gasteiger partial charge >= 0.3 is 6.09 Å². The number of rotatable bonds is 4. The van der Waals surface area contributed by atoms with Crippen molar-refractivity contribution in [3.63, 3.8) is 0 Å². The summed E-state index contributed by atoms with van der Waals surface area (Å²) in [5.41, 5.74) is 0.814. The first-order valence-electron chi connectivity index (χ1n) is 8.28. The number of nitrogens with zero attached hydrogens (tertiary/aromatic N) is 3. The van der Waals surface area contributed by atoms with Crippen LogP contribution in [0.1, 0.15) is 52.6 Å². The van der Waals surface area contributed by atoms with Crippen molar-refractivity contribution in [1.82, 2.24) is 20.0 Å². The third kappa shape index (κ3) is 4.96. The number of ether oxygens (including phenoxy) is 1. The molecule has 2 atom stereocenters. The van der Waals surface area contributed by atoms with Gasteiger partial charge in [-0.25, -0.2) is 4.79 Å². The molecule has 2 rings (SSSR count). The van der Waals surface area contributed by atoms with E-state index in [1.165, 1.54) is 5.56 Å². The van der Waals surface area contributed by atoms with Crippen LogP contribution in [0.2, 0.25) is 0 Å². The first kappa shape index (κ1) is 17.8. The van der Waals surface area contributed by atoms with Gasteiger partial charge in [-0.05, 0) is 39.5 Å². The Morgan fingerprint density at radius 3 is 2.78 bits per heavy atom. The lowest BCUT2D eigenvalue weighted by molar-refractivity contribution is 0.0275. The molecule has 1 aliphatic heterocycles. The van der Waals surface area contributed by atoms with Crippen molar-refractivity contribution in [1.29, 1.82) is 0 Å². The molecule has 0 saturated carbocycles. The lowest BCUT2D eigenvalue weighted by Crippen LogP contribution is -2.39. The first-order chi connectivity index (χ1) is 10.6. The van der Waals surface area contributed by atoms with Gasteiger partial charge < -0.3 is 15.0 Å². The average Bonchev–Trinajstić information content (AvgIpc) is 3.01. The van der Waals surface area contributed by atoms with E-state index in [4.69, 9.17) is 4.74 Å². The van der Waals surface area contributed by atoms with Gasteiger partial charge in [-0.2, -0.15) is 5.10 Å². The molecular weight excluding hydrogens is 292 g/mol. The summed E-state index contributed by atoms with van der Waals surface area (Å²) < 4.78 is 7.28. The molecule has 130 valence electrons. The highest BCUT2D eigenvalue weighted by atomic mass is 16.6. The minimum absolute atomic E-state index is 0.0768. The number of likely N-dealkylation sites (tertiary alicyclic amines) is 1.